The first-order valence-corrected chi connectivity index (χ1v) is 7.36. The standard InChI is InChI=1S/C14H20N4O2/c1-10(12-15-9-16-17-12)18-11(19)8-14(13(18)20)6-4-2-3-5-7-14/h9-10H,2-8H2,1H3,(H,15,16,17). The Hall–Kier alpha value is -1.72. The topological polar surface area (TPSA) is 79.0 Å². The molecule has 1 aromatic rings. The summed E-state index contributed by atoms with van der Waals surface area (Å²) in [7, 11) is 0. The average molecular weight is 276 g/mol. The molecule has 1 aliphatic carbocycles. The van der Waals surface area contributed by atoms with E-state index < -0.39 is 5.41 Å². The largest absolute Gasteiger partial charge is 0.274 e. The van der Waals surface area contributed by atoms with Crippen molar-refractivity contribution in [2.45, 2.75) is 57.9 Å². The maximum absolute atomic E-state index is 12.8. The van der Waals surface area contributed by atoms with Gasteiger partial charge in [0.2, 0.25) is 11.8 Å². The van der Waals surface area contributed by atoms with Gasteiger partial charge < -0.3 is 0 Å². The van der Waals surface area contributed by atoms with Crippen molar-refractivity contribution in [3.05, 3.63) is 12.2 Å². The minimum absolute atomic E-state index is 0.00620. The average Bonchev–Trinajstić information content (AvgIpc) is 2.95. The number of hydrogen-bond acceptors (Lipinski definition) is 4. The third-order valence-corrected chi connectivity index (χ3v) is 4.71. The number of carbonyl (C=O) groups is 2. The molecule has 1 unspecified atom stereocenters. The van der Waals surface area contributed by atoms with Crippen LogP contribution in [0.4, 0.5) is 0 Å². The number of imide groups is 1. The second-order valence-corrected chi connectivity index (χ2v) is 5.99. The minimum atomic E-state index is -0.443. The Morgan fingerprint density at radius 1 is 1.25 bits per heavy atom. The fourth-order valence-electron chi connectivity index (χ4n) is 3.55. The van der Waals surface area contributed by atoms with Crippen molar-refractivity contribution in [1.82, 2.24) is 20.1 Å². The highest BCUT2D eigenvalue weighted by Crippen LogP contribution is 2.46. The van der Waals surface area contributed by atoms with E-state index in [1.165, 1.54) is 24.1 Å². The zero-order valence-electron chi connectivity index (χ0n) is 11.8. The predicted octanol–water partition coefficient (Wildman–Crippen LogP) is 1.97. The van der Waals surface area contributed by atoms with E-state index in [2.05, 4.69) is 15.2 Å². The monoisotopic (exact) mass is 276 g/mol. The molecule has 6 nitrogen and oxygen atoms in total. The lowest BCUT2D eigenvalue weighted by molar-refractivity contribution is -0.144. The molecule has 2 amide bonds. The van der Waals surface area contributed by atoms with Crippen molar-refractivity contribution in [3.63, 3.8) is 0 Å². The van der Waals surface area contributed by atoms with Gasteiger partial charge in [-0.2, -0.15) is 5.10 Å². The lowest BCUT2D eigenvalue weighted by Gasteiger charge is -2.27. The van der Waals surface area contributed by atoms with Gasteiger partial charge in [-0.25, -0.2) is 4.98 Å². The van der Waals surface area contributed by atoms with Crippen LogP contribution in [-0.4, -0.2) is 31.9 Å². The lowest BCUT2D eigenvalue weighted by atomic mass is 9.79. The number of aromatic amines is 1. The molecule has 0 aromatic carbocycles. The lowest BCUT2D eigenvalue weighted by Crippen LogP contribution is -2.37. The van der Waals surface area contributed by atoms with Crippen molar-refractivity contribution < 1.29 is 9.59 Å². The van der Waals surface area contributed by atoms with E-state index in [0.717, 1.165) is 25.7 Å². The summed E-state index contributed by atoms with van der Waals surface area (Å²) < 4.78 is 0. The maximum atomic E-state index is 12.8. The molecule has 1 spiro atoms. The number of carbonyl (C=O) groups excluding carboxylic acids is 2. The van der Waals surface area contributed by atoms with Crippen LogP contribution >= 0.6 is 0 Å². The number of aromatic nitrogens is 3. The minimum Gasteiger partial charge on any atom is -0.274 e. The van der Waals surface area contributed by atoms with Crippen LogP contribution in [0.15, 0.2) is 6.33 Å². The Balaban J connectivity index is 1.86. The summed E-state index contributed by atoms with van der Waals surface area (Å²) in [6, 6.07) is -0.361. The van der Waals surface area contributed by atoms with Crippen LogP contribution in [0.5, 0.6) is 0 Å². The Morgan fingerprint density at radius 2 is 1.95 bits per heavy atom. The van der Waals surface area contributed by atoms with Crippen LogP contribution in [0, 0.1) is 5.41 Å². The van der Waals surface area contributed by atoms with Gasteiger partial charge >= 0.3 is 0 Å². The molecule has 0 radical (unpaired) electrons. The molecule has 3 rings (SSSR count). The molecule has 1 saturated heterocycles. The van der Waals surface area contributed by atoms with Gasteiger partial charge in [-0.3, -0.25) is 19.6 Å². The molecule has 2 fully saturated rings. The first kappa shape index (κ1) is 13.3. The number of likely N-dealkylation sites (tertiary alicyclic amines) is 1. The molecule has 2 heterocycles. The Morgan fingerprint density at radius 3 is 2.55 bits per heavy atom. The van der Waals surface area contributed by atoms with Gasteiger partial charge in [-0.05, 0) is 19.8 Å². The number of hydrogen-bond donors (Lipinski definition) is 1. The molecule has 2 aliphatic rings. The Kier molecular flexibility index (Phi) is 3.31. The highest BCUT2D eigenvalue weighted by atomic mass is 16.2. The Bertz CT molecular complexity index is 503. The van der Waals surface area contributed by atoms with E-state index in [1.807, 2.05) is 6.92 Å². The molecular weight excluding hydrogens is 256 g/mol. The van der Waals surface area contributed by atoms with Gasteiger partial charge in [0, 0.05) is 6.42 Å². The third-order valence-electron chi connectivity index (χ3n) is 4.71. The maximum Gasteiger partial charge on any atom is 0.236 e. The van der Waals surface area contributed by atoms with Crippen LogP contribution in [0.1, 0.15) is 63.7 Å². The molecule has 1 aromatic heterocycles. The number of H-pyrrole nitrogens is 1. The van der Waals surface area contributed by atoms with Crippen LogP contribution in [0.3, 0.4) is 0 Å². The van der Waals surface area contributed by atoms with Crippen molar-refractivity contribution in [3.8, 4) is 0 Å². The fraction of sp³-hybridized carbons (Fsp3) is 0.714. The summed E-state index contributed by atoms with van der Waals surface area (Å²) >= 11 is 0. The normalized spacial score (nSPS) is 24.1. The van der Waals surface area contributed by atoms with Gasteiger partial charge in [0.25, 0.3) is 0 Å². The van der Waals surface area contributed by atoms with Gasteiger partial charge in [0.05, 0.1) is 11.5 Å². The summed E-state index contributed by atoms with van der Waals surface area (Å²) in [6.45, 7) is 1.83. The van der Waals surface area contributed by atoms with E-state index in [9.17, 15) is 9.59 Å². The zero-order chi connectivity index (χ0) is 14.2. The van der Waals surface area contributed by atoms with Crippen LogP contribution in [0.2, 0.25) is 0 Å². The van der Waals surface area contributed by atoms with E-state index in [0.29, 0.717) is 12.2 Å². The van der Waals surface area contributed by atoms with Gasteiger partial charge in [-0.1, -0.05) is 25.7 Å². The number of nitrogens with one attached hydrogen (secondary N) is 1. The van der Waals surface area contributed by atoms with Crippen LogP contribution in [-0.2, 0) is 9.59 Å². The smallest absolute Gasteiger partial charge is 0.236 e. The highest BCUT2D eigenvalue weighted by molar-refractivity contribution is 6.06. The molecule has 0 bridgehead atoms. The first-order valence-electron chi connectivity index (χ1n) is 7.36. The van der Waals surface area contributed by atoms with E-state index in [-0.39, 0.29) is 17.9 Å². The van der Waals surface area contributed by atoms with E-state index in [1.54, 1.807) is 0 Å². The number of nitrogens with zero attached hydrogens (tertiary/aromatic N) is 3. The zero-order valence-corrected chi connectivity index (χ0v) is 11.8. The SMILES string of the molecule is CC(c1ncn[nH]1)N1C(=O)CC2(CCCCCC2)C1=O. The molecule has 6 heteroatoms. The quantitative estimate of drug-likeness (QED) is 0.837. The second-order valence-electron chi connectivity index (χ2n) is 5.99. The van der Waals surface area contributed by atoms with Crippen molar-refractivity contribution in [2.24, 2.45) is 5.41 Å². The van der Waals surface area contributed by atoms with Crippen molar-refractivity contribution >= 4 is 11.8 Å². The first-order chi connectivity index (χ1) is 9.64. The molecule has 20 heavy (non-hydrogen) atoms. The summed E-state index contributed by atoms with van der Waals surface area (Å²) in [5.41, 5.74) is -0.443. The fourth-order valence-corrected chi connectivity index (χ4v) is 3.55. The van der Waals surface area contributed by atoms with E-state index >= 15 is 0 Å². The van der Waals surface area contributed by atoms with Crippen molar-refractivity contribution in [1.29, 1.82) is 0 Å². The molecule has 1 saturated carbocycles. The molecular formula is C14H20N4O2. The summed E-state index contributed by atoms with van der Waals surface area (Å²) in [5.74, 6) is 0.492. The van der Waals surface area contributed by atoms with Gasteiger partial charge in [0.15, 0.2) is 0 Å². The number of amides is 2. The molecule has 1 aliphatic heterocycles. The summed E-state index contributed by atoms with van der Waals surface area (Å²) in [5, 5.41) is 6.55. The van der Waals surface area contributed by atoms with Gasteiger partial charge in [0.1, 0.15) is 12.2 Å². The third kappa shape index (κ3) is 2.03. The van der Waals surface area contributed by atoms with Crippen molar-refractivity contribution in [2.75, 3.05) is 0 Å². The Labute approximate surface area is 117 Å². The summed E-state index contributed by atoms with van der Waals surface area (Å²) in [4.78, 5) is 30.6. The number of rotatable bonds is 2. The highest BCUT2D eigenvalue weighted by Gasteiger charge is 2.52. The summed E-state index contributed by atoms with van der Waals surface area (Å²) in [6.07, 6.45) is 7.88. The predicted molar refractivity (Wildman–Crippen MR) is 71.4 cm³/mol. The molecule has 1 N–H and O–H groups in total. The second kappa shape index (κ2) is 5.00. The van der Waals surface area contributed by atoms with Crippen LogP contribution in [0.25, 0.3) is 0 Å². The van der Waals surface area contributed by atoms with E-state index in [4.69, 9.17) is 0 Å². The van der Waals surface area contributed by atoms with Crippen LogP contribution < -0.4 is 0 Å². The van der Waals surface area contributed by atoms with Gasteiger partial charge in [-0.15, -0.1) is 0 Å². The molecule has 1 atom stereocenters. The molecule has 108 valence electrons.